The average molecular weight is 458 g/mol. The highest BCUT2D eigenvalue weighted by Gasteiger charge is 2.75. The Balaban J connectivity index is 1.35. The normalized spacial score (nSPS) is 39.4. The van der Waals surface area contributed by atoms with Crippen LogP contribution in [0.5, 0.6) is 0 Å². The summed E-state index contributed by atoms with van der Waals surface area (Å²) in [6, 6.07) is 5.35. The molecule has 2 saturated heterocycles. The molecule has 5 aliphatic rings. The summed E-state index contributed by atoms with van der Waals surface area (Å²) in [6.07, 6.45) is 2.50. The fraction of sp³-hybridized carbons (Fsp3) is 0.609. The van der Waals surface area contributed by atoms with Crippen LogP contribution in [0.3, 0.4) is 0 Å². The molecular formula is C23H27N3O5S. The highest BCUT2D eigenvalue weighted by Crippen LogP contribution is 2.70. The molecule has 3 heterocycles. The van der Waals surface area contributed by atoms with Crippen LogP contribution in [-0.2, 0) is 14.8 Å². The molecule has 3 aliphatic heterocycles. The Labute approximate surface area is 187 Å². The SMILES string of the molecule is CC1(C)[C@@H](C(=O)N2[C@@H]3C[C@H]4CC[C@]3(CS2(=O)=O)C4(C)C)N1N1C(=O)c2ccccc2C1=O. The maximum Gasteiger partial charge on any atom is 0.276 e. The average Bonchev–Trinajstić information content (AvgIpc) is 2.89. The van der Waals surface area contributed by atoms with E-state index in [0.717, 1.165) is 22.2 Å². The smallest absolute Gasteiger partial charge is 0.272 e. The number of hydrazine groups is 1. The van der Waals surface area contributed by atoms with Crippen LogP contribution < -0.4 is 0 Å². The molecule has 2 aliphatic carbocycles. The molecule has 6 rings (SSSR count). The lowest BCUT2D eigenvalue weighted by molar-refractivity contribution is -0.130. The van der Waals surface area contributed by atoms with Gasteiger partial charge in [-0.3, -0.25) is 14.4 Å². The van der Waals surface area contributed by atoms with Gasteiger partial charge >= 0.3 is 0 Å². The van der Waals surface area contributed by atoms with Crippen molar-refractivity contribution < 1.29 is 22.8 Å². The zero-order valence-electron chi connectivity index (χ0n) is 18.7. The molecule has 0 radical (unpaired) electrons. The van der Waals surface area contributed by atoms with Crippen LogP contribution in [0.4, 0.5) is 0 Å². The summed E-state index contributed by atoms with van der Waals surface area (Å²) in [5, 5.41) is 2.48. The Bertz CT molecular complexity index is 1190. The monoisotopic (exact) mass is 457 g/mol. The van der Waals surface area contributed by atoms with Crippen molar-refractivity contribution in [3.8, 4) is 0 Å². The molecule has 2 saturated carbocycles. The molecule has 8 nitrogen and oxygen atoms in total. The zero-order chi connectivity index (χ0) is 23.0. The summed E-state index contributed by atoms with van der Waals surface area (Å²) >= 11 is 0. The Morgan fingerprint density at radius 1 is 1.03 bits per heavy atom. The predicted octanol–water partition coefficient (Wildman–Crippen LogP) is 2.03. The van der Waals surface area contributed by atoms with Crippen LogP contribution in [0, 0.1) is 16.7 Å². The summed E-state index contributed by atoms with van der Waals surface area (Å²) < 4.78 is 27.7. The van der Waals surface area contributed by atoms with Gasteiger partial charge in [-0.2, -0.15) is 5.01 Å². The van der Waals surface area contributed by atoms with Gasteiger partial charge in [0.15, 0.2) is 0 Å². The van der Waals surface area contributed by atoms with Crippen molar-refractivity contribution >= 4 is 27.7 Å². The van der Waals surface area contributed by atoms with Crippen molar-refractivity contribution in [3.63, 3.8) is 0 Å². The van der Waals surface area contributed by atoms with Gasteiger partial charge in [-0.15, -0.1) is 0 Å². The maximum atomic E-state index is 13.8. The molecule has 3 amide bonds. The van der Waals surface area contributed by atoms with Crippen molar-refractivity contribution in [2.24, 2.45) is 16.7 Å². The van der Waals surface area contributed by atoms with Crippen molar-refractivity contribution in [1.82, 2.24) is 14.3 Å². The van der Waals surface area contributed by atoms with E-state index < -0.39 is 44.7 Å². The second-order valence-corrected chi connectivity index (χ2v) is 13.0. The molecule has 1 unspecified atom stereocenters. The number of sulfonamides is 1. The quantitative estimate of drug-likeness (QED) is 0.498. The Morgan fingerprint density at radius 3 is 2.19 bits per heavy atom. The van der Waals surface area contributed by atoms with Gasteiger partial charge in [-0.25, -0.2) is 17.7 Å². The standard InChI is InChI=1S/C23H27N3O5S/c1-21(2)13-9-10-23(21)12-32(30,31)25(16(23)11-13)20(29)17-22(3,4)26(17)24-18(27)14-7-5-6-8-15(14)19(24)28/h5-8,13,16-17H,9-12H2,1-4H3/t13-,16-,17-,23-,26?/m1/s1. The fourth-order valence-corrected chi connectivity index (χ4v) is 9.87. The number of benzene rings is 1. The van der Waals surface area contributed by atoms with E-state index in [-0.39, 0.29) is 17.2 Å². The lowest BCUT2D eigenvalue weighted by Crippen LogP contribution is -2.47. The van der Waals surface area contributed by atoms with Crippen molar-refractivity contribution in [1.29, 1.82) is 0 Å². The first kappa shape index (κ1) is 20.4. The summed E-state index contributed by atoms with van der Waals surface area (Å²) in [5.74, 6) is -1.07. The molecule has 1 aromatic rings. The summed E-state index contributed by atoms with van der Waals surface area (Å²) in [7, 11) is -3.77. The Hall–Kier alpha value is -2.26. The van der Waals surface area contributed by atoms with Crippen LogP contribution >= 0.6 is 0 Å². The lowest BCUT2D eigenvalue weighted by Gasteiger charge is -2.37. The van der Waals surface area contributed by atoms with Crippen molar-refractivity contribution in [2.45, 2.75) is 64.6 Å². The third-order valence-electron chi connectivity index (χ3n) is 9.29. The molecule has 0 aromatic heterocycles. The summed E-state index contributed by atoms with van der Waals surface area (Å²) in [4.78, 5) is 39.7. The minimum Gasteiger partial charge on any atom is -0.272 e. The lowest BCUT2D eigenvalue weighted by atomic mass is 9.69. The number of fused-ring (bicyclic) bond motifs is 2. The molecule has 170 valence electrons. The number of hydrogen-bond acceptors (Lipinski definition) is 6. The van der Waals surface area contributed by atoms with E-state index in [1.165, 1.54) is 5.01 Å². The molecule has 1 aromatic carbocycles. The second kappa shape index (κ2) is 5.62. The van der Waals surface area contributed by atoms with E-state index in [1.807, 2.05) is 0 Å². The van der Waals surface area contributed by atoms with E-state index in [2.05, 4.69) is 13.8 Å². The molecule has 1 spiro atoms. The van der Waals surface area contributed by atoms with Gasteiger partial charge in [0, 0.05) is 5.41 Å². The van der Waals surface area contributed by atoms with Crippen LogP contribution in [0.25, 0.3) is 0 Å². The molecule has 0 N–H and O–H groups in total. The van der Waals surface area contributed by atoms with Gasteiger partial charge in [-0.05, 0) is 56.6 Å². The van der Waals surface area contributed by atoms with E-state index >= 15 is 0 Å². The predicted molar refractivity (Wildman–Crippen MR) is 115 cm³/mol. The minimum atomic E-state index is -3.77. The number of carbonyl (C=O) groups is 3. The second-order valence-electron chi connectivity index (χ2n) is 11.1. The third-order valence-corrected chi connectivity index (χ3v) is 11.2. The first-order valence-electron chi connectivity index (χ1n) is 11.2. The fourth-order valence-electron chi connectivity index (χ4n) is 7.32. The highest BCUT2D eigenvalue weighted by atomic mass is 32.2. The molecule has 2 bridgehead atoms. The number of rotatable bonds is 2. The van der Waals surface area contributed by atoms with Gasteiger partial charge in [0.05, 0.1) is 28.5 Å². The van der Waals surface area contributed by atoms with Crippen molar-refractivity contribution in [2.75, 3.05) is 5.75 Å². The first-order chi connectivity index (χ1) is 14.9. The molecule has 5 atom stereocenters. The number of hydrogen-bond donors (Lipinski definition) is 0. The number of amides is 3. The van der Waals surface area contributed by atoms with E-state index in [1.54, 1.807) is 38.1 Å². The molecular weight excluding hydrogens is 430 g/mol. The first-order valence-corrected chi connectivity index (χ1v) is 12.8. The van der Waals surface area contributed by atoms with Crippen LogP contribution in [-0.4, -0.2) is 63.8 Å². The largest absolute Gasteiger partial charge is 0.276 e. The topological polar surface area (TPSA) is 94.8 Å². The van der Waals surface area contributed by atoms with Crippen LogP contribution in [0.2, 0.25) is 0 Å². The Kier molecular flexibility index (Phi) is 3.57. The number of carbonyl (C=O) groups excluding carboxylic acids is 3. The minimum absolute atomic E-state index is 0.0000713. The van der Waals surface area contributed by atoms with Crippen molar-refractivity contribution in [3.05, 3.63) is 35.4 Å². The van der Waals surface area contributed by atoms with E-state index in [9.17, 15) is 22.8 Å². The van der Waals surface area contributed by atoms with Crippen LogP contribution in [0.1, 0.15) is 67.7 Å². The zero-order valence-corrected chi connectivity index (χ0v) is 19.5. The van der Waals surface area contributed by atoms with Gasteiger partial charge in [-0.1, -0.05) is 26.0 Å². The third kappa shape index (κ3) is 2.08. The summed E-state index contributed by atoms with van der Waals surface area (Å²) in [6.45, 7) is 7.81. The number of imide groups is 1. The molecule has 32 heavy (non-hydrogen) atoms. The number of nitrogens with zero attached hydrogens (tertiary/aromatic N) is 3. The van der Waals surface area contributed by atoms with Gasteiger partial charge in [0.25, 0.3) is 17.7 Å². The Morgan fingerprint density at radius 2 is 1.62 bits per heavy atom. The molecule has 9 heteroatoms. The summed E-state index contributed by atoms with van der Waals surface area (Å²) in [5.41, 5.74) is -0.793. The maximum absolute atomic E-state index is 13.8. The van der Waals surface area contributed by atoms with Gasteiger partial charge < -0.3 is 0 Å². The van der Waals surface area contributed by atoms with E-state index in [4.69, 9.17) is 0 Å². The van der Waals surface area contributed by atoms with Gasteiger partial charge in [0.1, 0.15) is 6.04 Å². The van der Waals surface area contributed by atoms with Crippen LogP contribution in [0.15, 0.2) is 24.3 Å². The highest BCUT2D eigenvalue weighted by molar-refractivity contribution is 7.90. The van der Waals surface area contributed by atoms with E-state index in [0.29, 0.717) is 23.5 Å². The molecule has 4 fully saturated rings. The van der Waals surface area contributed by atoms with Gasteiger partial charge in [0.2, 0.25) is 10.0 Å².